The molecular formula is C13H9ClFN3S. The van der Waals surface area contributed by atoms with Crippen molar-refractivity contribution in [3.8, 4) is 11.3 Å². The monoisotopic (exact) mass is 293 g/mol. The first kappa shape index (κ1) is 12.2. The standard InChI is InChI=1S/C13H9ClFN3S/c14-8-5-6(1-2-9(8)15)11-12-7(3-4-18-11)10(16)13(17)19-12/h1-5H,16-17H2. The van der Waals surface area contributed by atoms with Crippen molar-refractivity contribution in [3.05, 3.63) is 41.3 Å². The Bertz CT molecular complexity index is 785. The smallest absolute Gasteiger partial charge is 0.141 e. The summed E-state index contributed by atoms with van der Waals surface area (Å²) in [4.78, 5) is 4.32. The van der Waals surface area contributed by atoms with Crippen LogP contribution in [0, 0.1) is 5.82 Å². The van der Waals surface area contributed by atoms with Gasteiger partial charge in [-0.1, -0.05) is 11.6 Å². The largest absolute Gasteiger partial charge is 0.396 e. The summed E-state index contributed by atoms with van der Waals surface area (Å²) in [7, 11) is 0. The number of aromatic nitrogens is 1. The molecule has 19 heavy (non-hydrogen) atoms. The van der Waals surface area contributed by atoms with Gasteiger partial charge in [0.25, 0.3) is 0 Å². The van der Waals surface area contributed by atoms with E-state index in [0.29, 0.717) is 16.4 Å². The van der Waals surface area contributed by atoms with Gasteiger partial charge in [-0.05, 0) is 24.3 Å². The zero-order valence-electron chi connectivity index (χ0n) is 9.65. The van der Waals surface area contributed by atoms with E-state index in [-0.39, 0.29) is 5.02 Å². The maximum Gasteiger partial charge on any atom is 0.141 e. The summed E-state index contributed by atoms with van der Waals surface area (Å²) >= 11 is 7.17. The second-order valence-electron chi connectivity index (χ2n) is 4.05. The van der Waals surface area contributed by atoms with Gasteiger partial charge in [0.15, 0.2) is 0 Å². The topological polar surface area (TPSA) is 64.9 Å². The van der Waals surface area contributed by atoms with Crippen molar-refractivity contribution in [2.45, 2.75) is 0 Å². The second kappa shape index (κ2) is 4.36. The quantitative estimate of drug-likeness (QED) is 0.714. The van der Waals surface area contributed by atoms with Crippen LogP contribution >= 0.6 is 22.9 Å². The number of fused-ring (bicyclic) bond motifs is 1. The highest BCUT2D eigenvalue weighted by Crippen LogP contribution is 2.40. The first-order chi connectivity index (χ1) is 9.08. The Balaban J connectivity index is 2.30. The minimum Gasteiger partial charge on any atom is -0.396 e. The molecule has 0 aliphatic carbocycles. The van der Waals surface area contributed by atoms with Gasteiger partial charge >= 0.3 is 0 Å². The van der Waals surface area contributed by atoms with E-state index in [0.717, 1.165) is 15.6 Å². The Morgan fingerprint density at radius 2 is 2.00 bits per heavy atom. The van der Waals surface area contributed by atoms with Crippen molar-refractivity contribution in [1.82, 2.24) is 4.98 Å². The van der Waals surface area contributed by atoms with Gasteiger partial charge in [-0.2, -0.15) is 0 Å². The molecule has 2 aromatic heterocycles. The number of hydrogen-bond donors (Lipinski definition) is 2. The molecule has 1 aromatic carbocycles. The lowest BCUT2D eigenvalue weighted by Gasteiger charge is -2.03. The van der Waals surface area contributed by atoms with Crippen LogP contribution in [0.25, 0.3) is 21.3 Å². The van der Waals surface area contributed by atoms with Crippen LogP contribution in [0.2, 0.25) is 5.02 Å². The molecule has 96 valence electrons. The molecule has 3 rings (SSSR count). The van der Waals surface area contributed by atoms with Crippen LogP contribution in [-0.2, 0) is 0 Å². The summed E-state index contributed by atoms with van der Waals surface area (Å²) in [5.74, 6) is -0.456. The normalized spacial score (nSPS) is 11.1. The lowest BCUT2D eigenvalue weighted by Crippen LogP contribution is -1.89. The summed E-state index contributed by atoms with van der Waals surface area (Å²) in [5.41, 5.74) is 13.7. The Labute approximate surface area is 117 Å². The SMILES string of the molecule is Nc1sc2c(-c3ccc(F)c(Cl)c3)nccc2c1N. The number of rotatable bonds is 1. The maximum atomic E-state index is 13.2. The second-order valence-corrected chi connectivity index (χ2v) is 5.50. The average Bonchev–Trinajstić information content (AvgIpc) is 2.69. The van der Waals surface area contributed by atoms with Crippen LogP contribution in [0.5, 0.6) is 0 Å². The number of nitrogens with zero attached hydrogens (tertiary/aromatic N) is 1. The van der Waals surface area contributed by atoms with Gasteiger partial charge in [-0.15, -0.1) is 11.3 Å². The Hall–Kier alpha value is -1.85. The number of anilines is 2. The number of hydrogen-bond acceptors (Lipinski definition) is 4. The molecule has 6 heteroatoms. The predicted molar refractivity (Wildman–Crippen MR) is 78.8 cm³/mol. The Morgan fingerprint density at radius 1 is 1.21 bits per heavy atom. The van der Waals surface area contributed by atoms with Crippen LogP contribution in [0.4, 0.5) is 15.1 Å². The number of halogens is 2. The molecule has 0 radical (unpaired) electrons. The van der Waals surface area contributed by atoms with Crippen molar-refractivity contribution in [1.29, 1.82) is 0 Å². The van der Waals surface area contributed by atoms with Gasteiger partial charge in [0.2, 0.25) is 0 Å². The van der Waals surface area contributed by atoms with E-state index in [9.17, 15) is 4.39 Å². The summed E-state index contributed by atoms with van der Waals surface area (Å²) in [5, 5.41) is 1.47. The molecule has 4 N–H and O–H groups in total. The fourth-order valence-electron chi connectivity index (χ4n) is 1.91. The average molecular weight is 294 g/mol. The molecule has 0 bridgehead atoms. The molecule has 0 unspecified atom stereocenters. The van der Waals surface area contributed by atoms with Crippen LogP contribution in [0.3, 0.4) is 0 Å². The molecule has 0 amide bonds. The van der Waals surface area contributed by atoms with Crippen molar-refractivity contribution in [2.24, 2.45) is 0 Å². The maximum absolute atomic E-state index is 13.2. The number of nitrogen functional groups attached to an aromatic ring is 2. The third kappa shape index (κ3) is 1.91. The highest BCUT2D eigenvalue weighted by atomic mass is 35.5. The molecule has 3 nitrogen and oxygen atoms in total. The molecule has 0 saturated carbocycles. The van der Waals surface area contributed by atoms with E-state index in [1.165, 1.54) is 17.4 Å². The van der Waals surface area contributed by atoms with Gasteiger partial charge < -0.3 is 11.5 Å². The summed E-state index contributed by atoms with van der Waals surface area (Å²) < 4.78 is 14.1. The van der Waals surface area contributed by atoms with E-state index >= 15 is 0 Å². The Morgan fingerprint density at radius 3 is 2.74 bits per heavy atom. The van der Waals surface area contributed by atoms with Crippen molar-refractivity contribution in [3.63, 3.8) is 0 Å². The fraction of sp³-hybridized carbons (Fsp3) is 0. The fourth-order valence-corrected chi connectivity index (χ4v) is 3.09. The molecule has 0 fully saturated rings. The highest BCUT2D eigenvalue weighted by molar-refractivity contribution is 7.24. The number of thiophene rings is 1. The number of benzene rings is 1. The zero-order chi connectivity index (χ0) is 13.6. The van der Waals surface area contributed by atoms with Gasteiger partial charge in [0.1, 0.15) is 10.8 Å². The van der Waals surface area contributed by atoms with Gasteiger partial charge in [0.05, 0.1) is 21.1 Å². The van der Waals surface area contributed by atoms with Crippen LogP contribution < -0.4 is 11.5 Å². The molecule has 0 spiro atoms. The van der Waals surface area contributed by atoms with Crippen LogP contribution in [-0.4, -0.2) is 4.98 Å². The molecule has 0 aliphatic rings. The Kier molecular flexibility index (Phi) is 2.80. The molecular weight excluding hydrogens is 285 g/mol. The third-order valence-corrected chi connectivity index (χ3v) is 4.21. The molecule has 2 heterocycles. The van der Waals surface area contributed by atoms with Gasteiger partial charge in [-0.3, -0.25) is 4.98 Å². The van der Waals surface area contributed by atoms with Crippen molar-refractivity contribution >= 4 is 43.7 Å². The van der Waals surface area contributed by atoms with E-state index in [1.807, 2.05) is 6.07 Å². The summed E-state index contributed by atoms with van der Waals surface area (Å²) in [6.07, 6.45) is 1.65. The molecule has 0 saturated heterocycles. The lowest BCUT2D eigenvalue weighted by molar-refractivity contribution is 0.628. The molecule has 3 aromatic rings. The zero-order valence-corrected chi connectivity index (χ0v) is 11.2. The van der Waals surface area contributed by atoms with E-state index in [2.05, 4.69) is 4.98 Å². The first-order valence-corrected chi connectivity index (χ1v) is 6.65. The third-order valence-electron chi connectivity index (χ3n) is 2.87. The van der Waals surface area contributed by atoms with Crippen LogP contribution in [0.1, 0.15) is 0 Å². The van der Waals surface area contributed by atoms with Crippen LogP contribution in [0.15, 0.2) is 30.5 Å². The van der Waals surface area contributed by atoms with E-state index in [4.69, 9.17) is 23.1 Å². The molecule has 0 atom stereocenters. The minimum absolute atomic E-state index is 0.0637. The van der Waals surface area contributed by atoms with Crippen molar-refractivity contribution in [2.75, 3.05) is 11.5 Å². The lowest BCUT2D eigenvalue weighted by atomic mass is 10.1. The first-order valence-electron chi connectivity index (χ1n) is 5.46. The molecule has 0 aliphatic heterocycles. The number of nitrogens with two attached hydrogens (primary N) is 2. The summed E-state index contributed by atoms with van der Waals surface area (Å²) in [6.45, 7) is 0. The predicted octanol–water partition coefficient (Wildman–Crippen LogP) is 3.92. The minimum atomic E-state index is -0.456. The number of pyridine rings is 1. The summed E-state index contributed by atoms with van der Waals surface area (Å²) in [6, 6.07) is 6.31. The van der Waals surface area contributed by atoms with Crippen molar-refractivity contribution < 1.29 is 4.39 Å². The van der Waals surface area contributed by atoms with Gasteiger partial charge in [-0.25, -0.2) is 4.39 Å². The highest BCUT2D eigenvalue weighted by Gasteiger charge is 2.13. The van der Waals surface area contributed by atoms with Gasteiger partial charge in [0, 0.05) is 17.1 Å². The van der Waals surface area contributed by atoms with E-state index < -0.39 is 5.82 Å². The van der Waals surface area contributed by atoms with E-state index in [1.54, 1.807) is 18.3 Å².